The van der Waals surface area contributed by atoms with Crippen LogP contribution >= 0.6 is 0 Å². The van der Waals surface area contributed by atoms with E-state index in [-0.39, 0.29) is 0 Å². The average Bonchev–Trinajstić information content (AvgIpc) is 2.10. The van der Waals surface area contributed by atoms with Gasteiger partial charge in [-0.2, -0.15) is 13.2 Å². The molecule has 1 amide bonds. The van der Waals surface area contributed by atoms with Gasteiger partial charge < -0.3 is 11.1 Å². The molecule has 0 saturated carbocycles. The first-order valence-corrected chi connectivity index (χ1v) is 5.39. The molecule has 0 bridgehead atoms. The van der Waals surface area contributed by atoms with E-state index in [9.17, 15) is 18.0 Å². The lowest BCUT2D eigenvalue weighted by atomic mass is 10.1. The van der Waals surface area contributed by atoms with Crippen LogP contribution < -0.4 is 11.1 Å². The summed E-state index contributed by atoms with van der Waals surface area (Å²) in [5.41, 5.74) is 5.52. The highest BCUT2D eigenvalue weighted by Crippen LogP contribution is 2.21. The van der Waals surface area contributed by atoms with E-state index in [0.717, 1.165) is 12.8 Å². The quantitative estimate of drug-likeness (QED) is 0.745. The predicted octanol–water partition coefficient (Wildman–Crippen LogP) is 1.96. The highest BCUT2D eigenvalue weighted by Gasteiger charge is 2.31. The second-order valence-electron chi connectivity index (χ2n) is 3.98. The van der Waals surface area contributed by atoms with Gasteiger partial charge in [-0.15, -0.1) is 0 Å². The molecule has 0 heterocycles. The van der Waals surface area contributed by atoms with Crippen molar-refractivity contribution in [3.8, 4) is 0 Å². The molecule has 0 saturated heterocycles. The van der Waals surface area contributed by atoms with E-state index in [0.29, 0.717) is 6.42 Å². The zero-order chi connectivity index (χ0) is 12.8. The van der Waals surface area contributed by atoms with E-state index in [1.54, 1.807) is 0 Å². The molecule has 0 aliphatic rings. The molecule has 1 unspecified atom stereocenters. The van der Waals surface area contributed by atoms with Crippen LogP contribution in [0.2, 0.25) is 0 Å². The molecule has 96 valence electrons. The number of hydrogen-bond acceptors (Lipinski definition) is 2. The van der Waals surface area contributed by atoms with Gasteiger partial charge in [0.15, 0.2) is 0 Å². The van der Waals surface area contributed by atoms with Crippen LogP contribution in [0.3, 0.4) is 0 Å². The van der Waals surface area contributed by atoms with E-state index < -0.39 is 30.6 Å². The summed E-state index contributed by atoms with van der Waals surface area (Å²) in [6, 6.07) is -1.64. The second kappa shape index (κ2) is 6.73. The maximum Gasteiger partial charge on any atom is 0.391 e. The molecule has 3 N–H and O–H groups in total. The number of alkyl halides is 3. The summed E-state index contributed by atoms with van der Waals surface area (Å²) in [7, 11) is 0. The molecule has 3 nitrogen and oxygen atoms in total. The Labute approximate surface area is 93.6 Å². The molecule has 0 radical (unpaired) electrons. The highest BCUT2D eigenvalue weighted by atomic mass is 19.4. The second-order valence-corrected chi connectivity index (χ2v) is 3.98. The van der Waals surface area contributed by atoms with Gasteiger partial charge in [0.1, 0.15) is 0 Å². The molecule has 16 heavy (non-hydrogen) atoms. The van der Waals surface area contributed by atoms with Gasteiger partial charge >= 0.3 is 6.18 Å². The summed E-state index contributed by atoms with van der Waals surface area (Å²) in [5, 5.41) is 2.26. The Kier molecular flexibility index (Phi) is 6.40. The van der Waals surface area contributed by atoms with Crippen LogP contribution in [0, 0.1) is 0 Å². The Morgan fingerprint density at radius 1 is 1.44 bits per heavy atom. The lowest BCUT2D eigenvalue weighted by molar-refractivity contribution is -0.141. The first-order valence-electron chi connectivity index (χ1n) is 5.39. The standard InChI is InChI=1S/C10H19F3N2O/c1-3-4-5-8(14)9(16)15-7(2)6-10(11,12)13/h7-8H,3-6,14H2,1-2H3,(H,15,16)/t7?,8-/m0/s1. The molecular formula is C10H19F3N2O. The number of carbonyl (C=O) groups is 1. The van der Waals surface area contributed by atoms with Crippen LogP contribution in [-0.2, 0) is 4.79 Å². The Hall–Kier alpha value is -0.780. The molecule has 0 aromatic rings. The van der Waals surface area contributed by atoms with Gasteiger partial charge in [-0.3, -0.25) is 4.79 Å². The zero-order valence-corrected chi connectivity index (χ0v) is 9.60. The van der Waals surface area contributed by atoms with Gasteiger partial charge in [-0.05, 0) is 13.3 Å². The number of amides is 1. The minimum atomic E-state index is -4.26. The van der Waals surface area contributed by atoms with Gasteiger partial charge in [0.2, 0.25) is 5.91 Å². The summed E-state index contributed by atoms with van der Waals surface area (Å²) < 4.78 is 35.9. The van der Waals surface area contributed by atoms with Crippen molar-refractivity contribution in [2.45, 2.75) is 57.8 Å². The number of nitrogens with one attached hydrogen (secondary N) is 1. The normalized spacial score (nSPS) is 15.6. The predicted molar refractivity (Wildman–Crippen MR) is 55.8 cm³/mol. The fraction of sp³-hybridized carbons (Fsp3) is 0.900. The van der Waals surface area contributed by atoms with Crippen molar-refractivity contribution in [1.29, 1.82) is 0 Å². The monoisotopic (exact) mass is 240 g/mol. The minimum Gasteiger partial charge on any atom is -0.352 e. The number of rotatable bonds is 6. The largest absolute Gasteiger partial charge is 0.391 e. The van der Waals surface area contributed by atoms with Crippen LogP contribution in [0.4, 0.5) is 13.2 Å². The molecule has 2 atom stereocenters. The summed E-state index contributed by atoms with van der Waals surface area (Å²) in [4.78, 5) is 11.3. The molecule has 0 fully saturated rings. The lowest BCUT2D eigenvalue weighted by Crippen LogP contribution is -2.45. The third kappa shape index (κ3) is 7.50. The SMILES string of the molecule is CCCC[C@H](N)C(=O)NC(C)CC(F)(F)F. The zero-order valence-electron chi connectivity index (χ0n) is 9.60. The maximum atomic E-state index is 12.0. The van der Waals surface area contributed by atoms with Gasteiger partial charge in [-0.25, -0.2) is 0 Å². The first kappa shape index (κ1) is 15.2. The van der Waals surface area contributed by atoms with Crippen molar-refractivity contribution in [1.82, 2.24) is 5.32 Å². The summed E-state index contributed by atoms with van der Waals surface area (Å²) in [6.45, 7) is 3.27. The number of halogens is 3. The fourth-order valence-corrected chi connectivity index (χ4v) is 1.30. The Morgan fingerprint density at radius 3 is 2.44 bits per heavy atom. The molecule has 0 spiro atoms. The topological polar surface area (TPSA) is 55.1 Å². The fourth-order valence-electron chi connectivity index (χ4n) is 1.30. The van der Waals surface area contributed by atoms with E-state index >= 15 is 0 Å². The van der Waals surface area contributed by atoms with Crippen LogP contribution in [-0.4, -0.2) is 24.2 Å². The van der Waals surface area contributed by atoms with Gasteiger partial charge in [0, 0.05) is 6.04 Å². The van der Waals surface area contributed by atoms with E-state index in [1.165, 1.54) is 6.92 Å². The molecule has 0 aliphatic heterocycles. The number of unbranched alkanes of at least 4 members (excludes halogenated alkanes) is 1. The molecule has 0 aromatic heterocycles. The highest BCUT2D eigenvalue weighted by molar-refractivity contribution is 5.81. The average molecular weight is 240 g/mol. The Balaban J connectivity index is 3.94. The minimum absolute atomic E-state index is 0.501. The van der Waals surface area contributed by atoms with Crippen LogP contribution in [0.5, 0.6) is 0 Å². The molecule has 6 heteroatoms. The summed E-state index contributed by atoms with van der Waals surface area (Å²) in [6.07, 6.45) is -3.10. The number of hydrogen-bond donors (Lipinski definition) is 2. The van der Waals surface area contributed by atoms with Crippen LogP contribution in [0.25, 0.3) is 0 Å². The number of carbonyl (C=O) groups excluding carboxylic acids is 1. The number of nitrogens with two attached hydrogens (primary N) is 1. The molecule has 0 aromatic carbocycles. The van der Waals surface area contributed by atoms with Crippen molar-refractivity contribution in [2.75, 3.05) is 0 Å². The van der Waals surface area contributed by atoms with E-state index in [1.807, 2.05) is 6.92 Å². The first-order chi connectivity index (χ1) is 7.26. The van der Waals surface area contributed by atoms with Crippen molar-refractivity contribution in [2.24, 2.45) is 5.73 Å². The van der Waals surface area contributed by atoms with Crippen molar-refractivity contribution in [3.63, 3.8) is 0 Å². The van der Waals surface area contributed by atoms with Crippen molar-refractivity contribution in [3.05, 3.63) is 0 Å². The molecule has 0 rings (SSSR count). The Bertz CT molecular complexity index is 219. The van der Waals surface area contributed by atoms with Crippen molar-refractivity contribution < 1.29 is 18.0 Å². The molecule has 0 aliphatic carbocycles. The van der Waals surface area contributed by atoms with Gasteiger partial charge in [-0.1, -0.05) is 19.8 Å². The summed E-state index contributed by atoms with van der Waals surface area (Å²) >= 11 is 0. The van der Waals surface area contributed by atoms with Crippen molar-refractivity contribution >= 4 is 5.91 Å². The third-order valence-electron chi connectivity index (χ3n) is 2.13. The summed E-state index contributed by atoms with van der Waals surface area (Å²) in [5.74, 6) is -0.509. The van der Waals surface area contributed by atoms with E-state index in [2.05, 4.69) is 5.32 Å². The molecular weight excluding hydrogens is 221 g/mol. The Morgan fingerprint density at radius 2 is 2.00 bits per heavy atom. The smallest absolute Gasteiger partial charge is 0.352 e. The third-order valence-corrected chi connectivity index (χ3v) is 2.13. The van der Waals surface area contributed by atoms with Crippen LogP contribution in [0.1, 0.15) is 39.5 Å². The van der Waals surface area contributed by atoms with Gasteiger partial charge in [0.25, 0.3) is 0 Å². The van der Waals surface area contributed by atoms with Crippen LogP contribution in [0.15, 0.2) is 0 Å². The maximum absolute atomic E-state index is 12.0. The van der Waals surface area contributed by atoms with Gasteiger partial charge in [0.05, 0.1) is 12.5 Å². The lowest BCUT2D eigenvalue weighted by Gasteiger charge is -2.18. The van der Waals surface area contributed by atoms with E-state index in [4.69, 9.17) is 5.73 Å².